The largest absolute Gasteiger partial charge is 0.318 e. The van der Waals surface area contributed by atoms with E-state index in [4.69, 9.17) is 13.1 Å². The van der Waals surface area contributed by atoms with E-state index in [-0.39, 0.29) is 0 Å². The molecule has 9 aromatic rings. The summed E-state index contributed by atoms with van der Waals surface area (Å²) in [5, 5.41) is 4.51. The van der Waals surface area contributed by atoms with Crippen molar-refractivity contribution < 1.29 is 0 Å². The Kier molecular flexibility index (Phi) is 6.22. The first-order chi connectivity index (χ1) is 23.7. The molecule has 9 rings (SSSR count). The van der Waals surface area contributed by atoms with Gasteiger partial charge in [0.2, 0.25) is 5.69 Å². The van der Waals surface area contributed by atoms with Crippen molar-refractivity contribution in [3.63, 3.8) is 0 Å². The third kappa shape index (κ3) is 4.07. The molecule has 222 valence electrons. The Labute approximate surface area is 277 Å². The second-order valence-electron chi connectivity index (χ2n) is 11.9. The summed E-state index contributed by atoms with van der Waals surface area (Å²) in [7, 11) is 0. The van der Waals surface area contributed by atoms with Gasteiger partial charge in [0.1, 0.15) is 0 Å². The van der Waals surface area contributed by atoms with E-state index in [1.165, 1.54) is 21.8 Å². The lowest BCUT2D eigenvalue weighted by Gasteiger charge is -2.19. The van der Waals surface area contributed by atoms with Crippen molar-refractivity contribution in [1.82, 2.24) is 9.13 Å². The number of nitrogens with zero attached hydrogens (tertiary/aromatic N) is 4. The summed E-state index contributed by atoms with van der Waals surface area (Å²) >= 11 is 0. The van der Waals surface area contributed by atoms with Crippen LogP contribution in [-0.4, -0.2) is 9.13 Å². The van der Waals surface area contributed by atoms with E-state index in [0.717, 1.165) is 55.4 Å². The zero-order valence-electron chi connectivity index (χ0n) is 25.8. The molecule has 0 aliphatic rings. The van der Waals surface area contributed by atoms with Crippen LogP contribution in [0.4, 0.5) is 11.4 Å². The van der Waals surface area contributed by atoms with E-state index in [1.54, 1.807) is 0 Å². The van der Waals surface area contributed by atoms with Gasteiger partial charge < -0.3 is 9.13 Å². The van der Waals surface area contributed by atoms with Crippen molar-refractivity contribution in [2.45, 2.75) is 0 Å². The van der Waals surface area contributed by atoms with Crippen molar-refractivity contribution in [3.8, 4) is 33.6 Å². The molecular weight excluding hydrogens is 585 g/mol. The third-order valence-electron chi connectivity index (χ3n) is 9.36. The number of aromatic nitrogens is 2. The molecular formula is C44H26N4. The molecule has 0 bridgehead atoms. The van der Waals surface area contributed by atoms with Gasteiger partial charge in [-0.1, -0.05) is 115 Å². The van der Waals surface area contributed by atoms with Crippen molar-refractivity contribution in [2.24, 2.45) is 0 Å². The van der Waals surface area contributed by atoms with Gasteiger partial charge in [0, 0.05) is 21.8 Å². The van der Waals surface area contributed by atoms with Gasteiger partial charge >= 0.3 is 0 Å². The molecule has 0 radical (unpaired) electrons. The van der Waals surface area contributed by atoms with Crippen LogP contribution in [0, 0.1) is 13.1 Å². The second-order valence-corrected chi connectivity index (χ2v) is 11.9. The minimum absolute atomic E-state index is 0.568. The summed E-state index contributed by atoms with van der Waals surface area (Å²) in [6.45, 7) is 15.9. The van der Waals surface area contributed by atoms with Crippen LogP contribution in [0.1, 0.15) is 0 Å². The van der Waals surface area contributed by atoms with Gasteiger partial charge in [-0.05, 0) is 70.1 Å². The summed E-state index contributed by atoms with van der Waals surface area (Å²) in [6, 6.07) is 54.4. The summed E-state index contributed by atoms with van der Waals surface area (Å²) < 4.78 is 4.55. The fourth-order valence-electron chi connectivity index (χ4n) is 7.33. The number of rotatable bonds is 4. The van der Waals surface area contributed by atoms with Crippen molar-refractivity contribution >= 4 is 55.0 Å². The summed E-state index contributed by atoms with van der Waals surface area (Å²) in [5.41, 5.74) is 11.6. The molecule has 0 unspecified atom stereocenters. The van der Waals surface area contributed by atoms with E-state index < -0.39 is 0 Å². The molecule has 4 heteroatoms. The first kappa shape index (κ1) is 27.4. The van der Waals surface area contributed by atoms with Gasteiger partial charge in [0.15, 0.2) is 5.69 Å². The van der Waals surface area contributed by atoms with Gasteiger partial charge in [0.05, 0.1) is 40.9 Å². The standard InChI is InChI=1S/C44H26N4/c1-45-30-25-26-43-38(28-30)36-19-7-10-24-42(36)48(43)44-37(20-12-21-39(44)46-2)33-16-4-3-15-32(33)29-13-11-14-31(27-29)47-40-22-8-5-17-34(40)35-18-6-9-23-41(35)47/h3-28H. The average Bonchev–Trinajstić information content (AvgIpc) is 3.67. The molecule has 2 heterocycles. The number of fused-ring (bicyclic) bond motifs is 6. The lowest BCUT2D eigenvalue weighted by atomic mass is 9.92. The Morgan fingerprint density at radius 2 is 0.958 bits per heavy atom. The number of hydrogen-bond donors (Lipinski definition) is 0. The highest BCUT2D eigenvalue weighted by atomic mass is 15.0. The van der Waals surface area contributed by atoms with Crippen LogP contribution in [0.25, 0.3) is 86.9 Å². The smallest absolute Gasteiger partial charge is 0.211 e. The molecule has 0 atom stereocenters. The first-order valence-corrected chi connectivity index (χ1v) is 15.8. The molecule has 0 spiro atoms. The van der Waals surface area contributed by atoms with E-state index in [2.05, 4.69) is 134 Å². The van der Waals surface area contributed by atoms with Gasteiger partial charge in [-0.15, -0.1) is 0 Å². The maximum absolute atomic E-state index is 8.25. The first-order valence-electron chi connectivity index (χ1n) is 15.8. The number of benzene rings is 7. The summed E-state index contributed by atoms with van der Waals surface area (Å²) in [5.74, 6) is 0. The topological polar surface area (TPSA) is 18.6 Å². The predicted molar refractivity (Wildman–Crippen MR) is 199 cm³/mol. The normalized spacial score (nSPS) is 11.3. The van der Waals surface area contributed by atoms with Gasteiger partial charge in [-0.2, -0.15) is 0 Å². The van der Waals surface area contributed by atoms with Crippen LogP contribution < -0.4 is 0 Å². The van der Waals surface area contributed by atoms with Gasteiger partial charge in [0.25, 0.3) is 0 Å². The maximum Gasteiger partial charge on any atom is 0.211 e. The zero-order valence-corrected chi connectivity index (χ0v) is 25.8. The van der Waals surface area contributed by atoms with Crippen LogP contribution in [0.2, 0.25) is 0 Å². The molecule has 7 aromatic carbocycles. The van der Waals surface area contributed by atoms with Crippen LogP contribution in [-0.2, 0) is 0 Å². The second kappa shape index (κ2) is 10.9. The molecule has 48 heavy (non-hydrogen) atoms. The van der Waals surface area contributed by atoms with Crippen molar-refractivity contribution in [3.05, 3.63) is 181 Å². The van der Waals surface area contributed by atoms with Crippen LogP contribution in [0.15, 0.2) is 158 Å². The number of para-hydroxylation sites is 4. The quantitative estimate of drug-likeness (QED) is 0.177. The Hall–Kier alpha value is -6.88. The van der Waals surface area contributed by atoms with Crippen molar-refractivity contribution in [1.29, 1.82) is 0 Å². The summed E-state index contributed by atoms with van der Waals surface area (Å²) in [4.78, 5) is 7.75. The lowest BCUT2D eigenvalue weighted by molar-refractivity contribution is 1.18. The van der Waals surface area contributed by atoms with E-state index in [1.807, 2.05) is 42.5 Å². The van der Waals surface area contributed by atoms with Crippen molar-refractivity contribution in [2.75, 3.05) is 0 Å². The van der Waals surface area contributed by atoms with Crippen LogP contribution in [0.3, 0.4) is 0 Å². The monoisotopic (exact) mass is 610 g/mol. The molecule has 0 amide bonds. The number of hydrogen-bond acceptors (Lipinski definition) is 0. The minimum atomic E-state index is 0.568. The highest BCUT2D eigenvalue weighted by molar-refractivity contribution is 6.12. The average molecular weight is 611 g/mol. The minimum Gasteiger partial charge on any atom is -0.318 e. The van der Waals surface area contributed by atoms with E-state index in [9.17, 15) is 0 Å². The molecule has 0 saturated carbocycles. The maximum atomic E-state index is 8.25. The SMILES string of the molecule is [C-]#[N+]c1ccc2c(c1)c1ccccc1n2-c1c([N+]#[C-])cccc1-c1ccccc1-c1cccc(-n2c3ccccc3c3ccccc32)c1. The molecule has 2 aromatic heterocycles. The third-order valence-corrected chi connectivity index (χ3v) is 9.36. The molecule has 0 saturated heterocycles. The molecule has 0 aliphatic heterocycles. The summed E-state index contributed by atoms with van der Waals surface area (Å²) in [6.07, 6.45) is 0. The highest BCUT2D eigenvalue weighted by Crippen LogP contribution is 2.44. The van der Waals surface area contributed by atoms with E-state index >= 15 is 0 Å². The Balaban J connectivity index is 1.29. The van der Waals surface area contributed by atoms with Gasteiger partial charge in [-0.25, -0.2) is 9.69 Å². The van der Waals surface area contributed by atoms with Crippen LogP contribution >= 0.6 is 0 Å². The molecule has 0 aliphatic carbocycles. The molecule has 0 fully saturated rings. The highest BCUT2D eigenvalue weighted by Gasteiger charge is 2.21. The Morgan fingerprint density at radius 1 is 0.396 bits per heavy atom. The molecule has 0 N–H and O–H groups in total. The fraction of sp³-hybridized carbons (Fsp3) is 0. The molecule has 4 nitrogen and oxygen atoms in total. The Bertz CT molecular complexity index is 2760. The predicted octanol–water partition coefficient (Wildman–Crippen LogP) is 12.3. The fourth-order valence-corrected chi connectivity index (χ4v) is 7.33. The van der Waals surface area contributed by atoms with Crippen LogP contribution in [0.5, 0.6) is 0 Å². The Morgan fingerprint density at radius 3 is 1.65 bits per heavy atom. The zero-order chi connectivity index (χ0) is 32.2. The lowest BCUT2D eigenvalue weighted by Crippen LogP contribution is -1.99. The van der Waals surface area contributed by atoms with Gasteiger partial charge in [-0.3, -0.25) is 0 Å². The van der Waals surface area contributed by atoms with E-state index in [0.29, 0.717) is 11.4 Å².